The molecule has 4 nitrogen and oxygen atoms in total. The van der Waals surface area contributed by atoms with Crippen LogP contribution in [0.25, 0.3) is 0 Å². The zero-order chi connectivity index (χ0) is 12.3. The van der Waals surface area contributed by atoms with Gasteiger partial charge in [-0.3, -0.25) is 9.69 Å². The maximum atomic E-state index is 11.2. The highest BCUT2D eigenvalue weighted by atomic mass is 16.2. The number of carbonyl (C=O) groups excluding carboxylic acids is 1. The fourth-order valence-corrected chi connectivity index (χ4v) is 2.17. The van der Waals surface area contributed by atoms with Gasteiger partial charge in [0.15, 0.2) is 0 Å². The molecule has 0 aromatic carbocycles. The third kappa shape index (κ3) is 4.13. The summed E-state index contributed by atoms with van der Waals surface area (Å²) in [5, 5.41) is 3.48. The Morgan fingerprint density at radius 2 is 1.94 bits per heavy atom. The van der Waals surface area contributed by atoms with Crippen LogP contribution in [-0.2, 0) is 4.79 Å². The summed E-state index contributed by atoms with van der Waals surface area (Å²) in [5.41, 5.74) is 1.26. The zero-order valence-electron chi connectivity index (χ0n) is 10.7. The van der Waals surface area contributed by atoms with Gasteiger partial charge in [-0.1, -0.05) is 6.58 Å². The van der Waals surface area contributed by atoms with Crippen molar-refractivity contribution >= 4 is 5.91 Å². The van der Waals surface area contributed by atoms with Crippen LogP contribution in [0.3, 0.4) is 0 Å². The monoisotopic (exact) mass is 237 g/mol. The molecule has 1 N–H and O–H groups in total. The molecule has 2 rings (SSSR count). The first kappa shape index (κ1) is 12.6. The Labute approximate surface area is 104 Å². The van der Waals surface area contributed by atoms with Gasteiger partial charge in [-0.2, -0.15) is 0 Å². The predicted molar refractivity (Wildman–Crippen MR) is 68.9 cm³/mol. The second kappa shape index (κ2) is 5.65. The van der Waals surface area contributed by atoms with E-state index in [0.717, 1.165) is 45.3 Å². The van der Waals surface area contributed by atoms with Crippen molar-refractivity contribution in [3.63, 3.8) is 0 Å². The van der Waals surface area contributed by atoms with E-state index >= 15 is 0 Å². The Morgan fingerprint density at radius 1 is 1.29 bits per heavy atom. The van der Waals surface area contributed by atoms with E-state index in [4.69, 9.17) is 0 Å². The lowest BCUT2D eigenvalue weighted by molar-refractivity contribution is -0.130. The van der Waals surface area contributed by atoms with E-state index in [1.165, 1.54) is 18.4 Å². The average Bonchev–Trinajstić information content (AvgIpc) is 3.11. The van der Waals surface area contributed by atoms with Crippen LogP contribution < -0.4 is 5.32 Å². The lowest BCUT2D eigenvalue weighted by atomic mass is 10.2. The molecule has 0 unspecified atom stereocenters. The third-order valence-corrected chi connectivity index (χ3v) is 3.48. The normalized spacial score (nSPS) is 21.6. The molecular formula is C13H23N3O. The van der Waals surface area contributed by atoms with E-state index in [2.05, 4.69) is 16.8 Å². The number of piperazine rings is 1. The Balaban J connectivity index is 1.62. The fraction of sp³-hybridized carbons (Fsp3) is 0.769. The Kier molecular flexibility index (Phi) is 4.18. The molecule has 0 atom stereocenters. The van der Waals surface area contributed by atoms with Gasteiger partial charge in [-0.05, 0) is 18.4 Å². The molecule has 4 heteroatoms. The molecule has 0 aromatic heterocycles. The summed E-state index contributed by atoms with van der Waals surface area (Å²) in [4.78, 5) is 15.5. The van der Waals surface area contributed by atoms with Gasteiger partial charge in [0, 0.05) is 52.2 Å². The molecule has 17 heavy (non-hydrogen) atoms. The standard InChI is InChI=1S/C13H23N3O/c1-11(9-14-13-3-4-13)10-15-5-7-16(8-6-15)12(2)17/h13-14H,1,3-10H2,2H3. The molecule has 0 aromatic rings. The number of hydrogen-bond donors (Lipinski definition) is 1. The highest BCUT2D eigenvalue weighted by Gasteiger charge is 2.21. The summed E-state index contributed by atoms with van der Waals surface area (Å²) >= 11 is 0. The zero-order valence-corrected chi connectivity index (χ0v) is 10.7. The van der Waals surface area contributed by atoms with Crippen molar-refractivity contribution in [2.75, 3.05) is 39.3 Å². The number of hydrogen-bond acceptors (Lipinski definition) is 3. The van der Waals surface area contributed by atoms with Crippen LogP contribution >= 0.6 is 0 Å². The van der Waals surface area contributed by atoms with Gasteiger partial charge < -0.3 is 10.2 Å². The van der Waals surface area contributed by atoms with Crippen molar-refractivity contribution in [2.24, 2.45) is 0 Å². The number of rotatable bonds is 5. The molecule has 1 aliphatic carbocycles. The van der Waals surface area contributed by atoms with E-state index in [0.29, 0.717) is 0 Å². The maximum absolute atomic E-state index is 11.2. The molecule has 2 fully saturated rings. The Hall–Kier alpha value is -0.870. The van der Waals surface area contributed by atoms with Crippen LogP contribution in [0.2, 0.25) is 0 Å². The number of nitrogens with zero attached hydrogens (tertiary/aromatic N) is 2. The van der Waals surface area contributed by atoms with Crippen molar-refractivity contribution in [1.82, 2.24) is 15.1 Å². The van der Waals surface area contributed by atoms with E-state index in [-0.39, 0.29) is 5.91 Å². The molecule has 1 heterocycles. The van der Waals surface area contributed by atoms with Gasteiger partial charge in [-0.25, -0.2) is 0 Å². The molecule has 0 radical (unpaired) electrons. The van der Waals surface area contributed by atoms with Crippen LogP contribution in [0.1, 0.15) is 19.8 Å². The van der Waals surface area contributed by atoms with Crippen molar-refractivity contribution in [1.29, 1.82) is 0 Å². The van der Waals surface area contributed by atoms with Crippen LogP contribution in [0.4, 0.5) is 0 Å². The second-order valence-electron chi connectivity index (χ2n) is 5.19. The lowest BCUT2D eigenvalue weighted by Crippen LogP contribution is -2.48. The van der Waals surface area contributed by atoms with Gasteiger partial charge in [0.2, 0.25) is 5.91 Å². The molecular weight excluding hydrogens is 214 g/mol. The second-order valence-corrected chi connectivity index (χ2v) is 5.19. The van der Waals surface area contributed by atoms with Crippen LogP contribution in [0.15, 0.2) is 12.2 Å². The number of amides is 1. The average molecular weight is 237 g/mol. The minimum Gasteiger partial charge on any atom is -0.340 e. The van der Waals surface area contributed by atoms with E-state index in [1.54, 1.807) is 6.92 Å². The van der Waals surface area contributed by atoms with Crippen molar-refractivity contribution in [2.45, 2.75) is 25.8 Å². The third-order valence-electron chi connectivity index (χ3n) is 3.48. The van der Waals surface area contributed by atoms with Crippen molar-refractivity contribution in [3.8, 4) is 0 Å². The first-order valence-corrected chi connectivity index (χ1v) is 6.53. The fourth-order valence-electron chi connectivity index (χ4n) is 2.17. The summed E-state index contributed by atoms with van der Waals surface area (Å²) in [5.74, 6) is 0.193. The van der Waals surface area contributed by atoms with E-state index in [1.807, 2.05) is 4.90 Å². The topological polar surface area (TPSA) is 35.6 Å². The summed E-state index contributed by atoms with van der Waals surface area (Å²) < 4.78 is 0. The summed E-state index contributed by atoms with van der Waals surface area (Å²) in [6.07, 6.45) is 2.65. The van der Waals surface area contributed by atoms with Crippen molar-refractivity contribution in [3.05, 3.63) is 12.2 Å². The summed E-state index contributed by atoms with van der Waals surface area (Å²) in [7, 11) is 0. The lowest BCUT2D eigenvalue weighted by Gasteiger charge is -2.34. The Bertz CT molecular complexity index is 291. The van der Waals surface area contributed by atoms with E-state index < -0.39 is 0 Å². The molecule has 1 amide bonds. The van der Waals surface area contributed by atoms with Crippen LogP contribution in [0.5, 0.6) is 0 Å². The molecule has 96 valence electrons. The summed E-state index contributed by atoms with van der Waals surface area (Å²) in [6, 6.07) is 0.751. The number of carbonyl (C=O) groups is 1. The van der Waals surface area contributed by atoms with Crippen LogP contribution in [0, 0.1) is 0 Å². The largest absolute Gasteiger partial charge is 0.340 e. The molecule has 0 bridgehead atoms. The molecule has 0 spiro atoms. The van der Waals surface area contributed by atoms with Gasteiger partial charge in [0.05, 0.1) is 0 Å². The van der Waals surface area contributed by atoms with Gasteiger partial charge >= 0.3 is 0 Å². The predicted octanol–water partition coefficient (Wildman–Crippen LogP) is 0.459. The van der Waals surface area contributed by atoms with Gasteiger partial charge in [0.1, 0.15) is 0 Å². The SMILES string of the molecule is C=C(CNC1CC1)CN1CCN(C(C)=O)CC1. The van der Waals surface area contributed by atoms with Crippen LogP contribution in [-0.4, -0.2) is 61.0 Å². The van der Waals surface area contributed by atoms with Crippen molar-refractivity contribution < 1.29 is 4.79 Å². The quantitative estimate of drug-likeness (QED) is 0.706. The molecule has 1 saturated carbocycles. The smallest absolute Gasteiger partial charge is 0.219 e. The summed E-state index contributed by atoms with van der Waals surface area (Å²) in [6.45, 7) is 11.3. The maximum Gasteiger partial charge on any atom is 0.219 e. The highest BCUT2D eigenvalue weighted by Crippen LogP contribution is 2.18. The first-order chi connectivity index (χ1) is 8.15. The first-order valence-electron chi connectivity index (χ1n) is 6.53. The van der Waals surface area contributed by atoms with Gasteiger partial charge in [-0.15, -0.1) is 0 Å². The molecule has 2 aliphatic rings. The molecule has 1 saturated heterocycles. The van der Waals surface area contributed by atoms with E-state index in [9.17, 15) is 4.79 Å². The highest BCUT2D eigenvalue weighted by molar-refractivity contribution is 5.73. The molecule has 1 aliphatic heterocycles. The number of nitrogens with one attached hydrogen (secondary N) is 1. The minimum atomic E-state index is 0.193. The Morgan fingerprint density at radius 3 is 2.47 bits per heavy atom. The van der Waals surface area contributed by atoms with Gasteiger partial charge in [0.25, 0.3) is 0 Å². The minimum absolute atomic E-state index is 0.193.